The van der Waals surface area contributed by atoms with Crippen molar-refractivity contribution in [1.82, 2.24) is 10.6 Å². The molecule has 0 spiro atoms. The van der Waals surface area contributed by atoms with Crippen molar-refractivity contribution in [3.05, 3.63) is 35.9 Å². The average molecular weight is 284 g/mol. The molecule has 0 saturated heterocycles. The smallest absolute Gasteiger partial charge is 0.233 e. The quantitative estimate of drug-likeness (QED) is 0.675. The molecule has 0 saturated carbocycles. The van der Waals surface area contributed by atoms with E-state index in [1.165, 1.54) is 0 Å². The number of likely N-dealkylation sites (N-methyl/N-ethyl adjacent to an activating group) is 1. The molecule has 0 heterocycles. The number of rotatable bonds is 8. The third-order valence-electron chi connectivity index (χ3n) is 2.52. The molecule has 106 valence electrons. The maximum absolute atomic E-state index is 11.8. The standard InChI is InChI=1S/C13H20N2O3S/c1-14-10-13(16)15-8-5-9-19(17,18)11-12-6-3-2-4-7-12/h2-4,6-7,14H,5,8-11H2,1H3,(H,15,16). The molecular weight excluding hydrogens is 264 g/mol. The number of amides is 1. The fourth-order valence-corrected chi connectivity index (χ4v) is 3.07. The normalized spacial score (nSPS) is 11.2. The van der Waals surface area contributed by atoms with Crippen molar-refractivity contribution < 1.29 is 13.2 Å². The minimum absolute atomic E-state index is 0.0539. The summed E-state index contributed by atoms with van der Waals surface area (Å²) in [4.78, 5) is 11.1. The molecule has 19 heavy (non-hydrogen) atoms. The van der Waals surface area contributed by atoms with E-state index in [0.717, 1.165) is 5.56 Å². The fourth-order valence-electron chi connectivity index (χ4n) is 1.64. The lowest BCUT2D eigenvalue weighted by atomic mass is 10.2. The Balaban J connectivity index is 2.30. The first-order chi connectivity index (χ1) is 9.03. The maximum Gasteiger partial charge on any atom is 0.233 e. The van der Waals surface area contributed by atoms with Crippen LogP contribution in [0.2, 0.25) is 0 Å². The number of hydrogen-bond donors (Lipinski definition) is 2. The highest BCUT2D eigenvalue weighted by molar-refractivity contribution is 7.90. The van der Waals surface area contributed by atoms with Gasteiger partial charge in [0.1, 0.15) is 0 Å². The van der Waals surface area contributed by atoms with Gasteiger partial charge in [-0.3, -0.25) is 4.79 Å². The largest absolute Gasteiger partial charge is 0.355 e. The SMILES string of the molecule is CNCC(=O)NCCCS(=O)(=O)Cc1ccccc1. The predicted octanol–water partition coefficient (Wildman–Crippen LogP) is 0.327. The lowest BCUT2D eigenvalue weighted by Crippen LogP contribution is -2.33. The molecule has 0 aliphatic carbocycles. The van der Waals surface area contributed by atoms with Crippen LogP contribution in [0.15, 0.2) is 30.3 Å². The van der Waals surface area contributed by atoms with Gasteiger partial charge in [-0.05, 0) is 19.0 Å². The van der Waals surface area contributed by atoms with Gasteiger partial charge >= 0.3 is 0 Å². The van der Waals surface area contributed by atoms with E-state index in [9.17, 15) is 13.2 Å². The minimum Gasteiger partial charge on any atom is -0.355 e. The Morgan fingerprint density at radius 3 is 2.53 bits per heavy atom. The molecule has 0 unspecified atom stereocenters. The number of carbonyl (C=O) groups excluding carboxylic acids is 1. The first kappa shape index (κ1) is 15.7. The first-order valence-electron chi connectivity index (χ1n) is 6.19. The topological polar surface area (TPSA) is 75.3 Å². The van der Waals surface area contributed by atoms with Crippen LogP contribution in [0.5, 0.6) is 0 Å². The van der Waals surface area contributed by atoms with Crippen molar-refractivity contribution in [3.8, 4) is 0 Å². The van der Waals surface area contributed by atoms with Crippen molar-refractivity contribution in [3.63, 3.8) is 0 Å². The third-order valence-corrected chi connectivity index (χ3v) is 4.20. The second-order valence-corrected chi connectivity index (χ2v) is 6.50. The van der Waals surface area contributed by atoms with Gasteiger partial charge in [-0.15, -0.1) is 0 Å². The van der Waals surface area contributed by atoms with Gasteiger partial charge < -0.3 is 10.6 Å². The van der Waals surface area contributed by atoms with Crippen LogP contribution in [-0.4, -0.2) is 40.2 Å². The van der Waals surface area contributed by atoms with Crippen LogP contribution in [-0.2, 0) is 20.4 Å². The summed E-state index contributed by atoms with van der Waals surface area (Å²) in [6.07, 6.45) is 0.435. The highest BCUT2D eigenvalue weighted by Gasteiger charge is 2.11. The highest BCUT2D eigenvalue weighted by Crippen LogP contribution is 2.06. The fraction of sp³-hybridized carbons (Fsp3) is 0.462. The Morgan fingerprint density at radius 1 is 1.21 bits per heavy atom. The monoisotopic (exact) mass is 284 g/mol. The minimum atomic E-state index is -3.11. The van der Waals surface area contributed by atoms with Crippen LogP contribution < -0.4 is 10.6 Å². The molecule has 1 aromatic rings. The van der Waals surface area contributed by atoms with E-state index in [4.69, 9.17) is 0 Å². The molecular formula is C13H20N2O3S. The zero-order valence-corrected chi connectivity index (χ0v) is 11.9. The second-order valence-electron chi connectivity index (χ2n) is 4.31. The van der Waals surface area contributed by atoms with Gasteiger partial charge in [-0.25, -0.2) is 8.42 Å². The van der Waals surface area contributed by atoms with Gasteiger partial charge in [0.25, 0.3) is 0 Å². The molecule has 0 aliphatic rings. The number of sulfone groups is 1. The molecule has 0 fully saturated rings. The number of carbonyl (C=O) groups is 1. The average Bonchev–Trinajstić information content (AvgIpc) is 2.36. The van der Waals surface area contributed by atoms with E-state index >= 15 is 0 Å². The van der Waals surface area contributed by atoms with Crippen LogP contribution in [0.3, 0.4) is 0 Å². The van der Waals surface area contributed by atoms with E-state index in [0.29, 0.717) is 13.0 Å². The summed E-state index contributed by atoms with van der Waals surface area (Å²) in [5.41, 5.74) is 0.793. The van der Waals surface area contributed by atoms with Crippen molar-refractivity contribution in [2.24, 2.45) is 0 Å². The van der Waals surface area contributed by atoms with E-state index < -0.39 is 9.84 Å². The van der Waals surface area contributed by atoms with Gasteiger partial charge in [-0.2, -0.15) is 0 Å². The van der Waals surface area contributed by atoms with Gasteiger partial charge in [0.05, 0.1) is 18.1 Å². The molecule has 0 atom stereocenters. The van der Waals surface area contributed by atoms with E-state index in [2.05, 4.69) is 10.6 Å². The summed E-state index contributed by atoms with van der Waals surface area (Å²) in [6, 6.07) is 9.09. The molecule has 0 radical (unpaired) electrons. The van der Waals surface area contributed by atoms with Gasteiger partial charge in [0.2, 0.25) is 5.91 Å². The molecule has 2 N–H and O–H groups in total. The predicted molar refractivity (Wildman–Crippen MR) is 75.5 cm³/mol. The van der Waals surface area contributed by atoms with E-state index in [1.54, 1.807) is 19.2 Å². The summed E-state index contributed by atoms with van der Waals surface area (Å²) in [6.45, 7) is 0.630. The third kappa shape index (κ3) is 6.93. The van der Waals surface area contributed by atoms with Crippen molar-refractivity contribution >= 4 is 15.7 Å². The summed E-state index contributed by atoms with van der Waals surface area (Å²) in [5, 5.41) is 5.38. The van der Waals surface area contributed by atoms with Crippen LogP contribution in [0.25, 0.3) is 0 Å². The molecule has 6 heteroatoms. The molecule has 5 nitrogen and oxygen atoms in total. The summed E-state index contributed by atoms with van der Waals surface area (Å²) < 4.78 is 23.7. The maximum atomic E-state index is 11.8. The first-order valence-corrected chi connectivity index (χ1v) is 8.01. The number of benzene rings is 1. The Morgan fingerprint density at radius 2 is 1.89 bits per heavy atom. The molecule has 1 amide bonds. The van der Waals surface area contributed by atoms with Crippen molar-refractivity contribution in [2.75, 3.05) is 25.9 Å². The lowest BCUT2D eigenvalue weighted by Gasteiger charge is -2.06. The molecule has 0 aliphatic heterocycles. The number of hydrogen-bond acceptors (Lipinski definition) is 4. The van der Waals surface area contributed by atoms with Crippen LogP contribution >= 0.6 is 0 Å². The zero-order chi connectivity index (χ0) is 14.1. The summed E-state index contributed by atoms with van der Waals surface area (Å²) >= 11 is 0. The summed E-state index contributed by atoms with van der Waals surface area (Å²) in [5.74, 6) is 0.0167. The summed E-state index contributed by atoms with van der Waals surface area (Å²) in [7, 11) is -1.43. The Bertz CT molecular complexity index is 486. The van der Waals surface area contributed by atoms with Crippen LogP contribution in [0.4, 0.5) is 0 Å². The van der Waals surface area contributed by atoms with Gasteiger partial charge in [0.15, 0.2) is 9.84 Å². The van der Waals surface area contributed by atoms with E-state index in [-0.39, 0.29) is 24.0 Å². The zero-order valence-electron chi connectivity index (χ0n) is 11.1. The molecule has 1 rings (SSSR count). The Hall–Kier alpha value is -1.40. The Labute approximate surface area is 114 Å². The van der Waals surface area contributed by atoms with Crippen LogP contribution in [0.1, 0.15) is 12.0 Å². The van der Waals surface area contributed by atoms with Crippen molar-refractivity contribution in [2.45, 2.75) is 12.2 Å². The molecule has 0 aromatic heterocycles. The lowest BCUT2D eigenvalue weighted by molar-refractivity contribution is -0.120. The van der Waals surface area contributed by atoms with Crippen LogP contribution in [0, 0.1) is 0 Å². The van der Waals surface area contributed by atoms with Gasteiger partial charge in [-0.1, -0.05) is 30.3 Å². The highest BCUT2D eigenvalue weighted by atomic mass is 32.2. The number of nitrogens with one attached hydrogen (secondary N) is 2. The molecule has 1 aromatic carbocycles. The second kappa shape index (κ2) is 7.91. The van der Waals surface area contributed by atoms with E-state index in [1.807, 2.05) is 18.2 Å². The van der Waals surface area contributed by atoms with Gasteiger partial charge in [0, 0.05) is 6.54 Å². The molecule has 0 bridgehead atoms. The Kier molecular flexibility index (Phi) is 6.52. The van der Waals surface area contributed by atoms with Crippen molar-refractivity contribution in [1.29, 1.82) is 0 Å².